The third-order valence-corrected chi connectivity index (χ3v) is 3.72. The van der Waals surface area contributed by atoms with Crippen molar-refractivity contribution in [1.29, 1.82) is 0 Å². The van der Waals surface area contributed by atoms with E-state index in [1.165, 1.54) is 19.1 Å². The molecule has 24 heavy (non-hydrogen) atoms. The molecule has 1 N–H and O–H groups in total. The van der Waals surface area contributed by atoms with Crippen LogP contribution in [0.2, 0.25) is 5.02 Å². The van der Waals surface area contributed by atoms with Crippen LogP contribution in [0.4, 0.5) is 0 Å². The van der Waals surface area contributed by atoms with Crippen LogP contribution >= 0.6 is 11.6 Å². The Kier molecular flexibility index (Phi) is 3.93. The predicted molar refractivity (Wildman–Crippen MR) is 88.2 cm³/mol. The summed E-state index contributed by atoms with van der Waals surface area (Å²) in [5.41, 5.74) is 0.302. The maximum Gasteiger partial charge on any atom is 0.287 e. The third-order valence-electron chi connectivity index (χ3n) is 3.49. The molecule has 0 aliphatic rings. The second-order valence-corrected chi connectivity index (χ2v) is 6.37. The Morgan fingerprint density at radius 3 is 2.50 bits per heavy atom. The highest BCUT2D eigenvalue weighted by molar-refractivity contribution is 6.31. The summed E-state index contributed by atoms with van der Waals surface area (Å²) in [4.78, 5) is 28.0. The lowest BCUT2D eigenvalue weighted by Crippen LogP contribution is -2.41. The van der Waals surface area contributed by atoms with Crippen molar-refractivity contribution < 1.29 is 18.4 Å². The van der Waals surface area contributed by atoms with Gasteiger partial charge in [0.2, 0.25) is 5.89 Å². The minimum atomic E-state index is -0.883. The van der Waals surface area contributed by atoms with Crippen LogP contribution < -0.4 is 5.32 Å². The number of aromatic nitrogens is 1. The van der Waals surface area contributed by atoms with Crippen molar-refractivity contribution in [1.82, 2.24) is 10.3 Å². The number of Topliss-reactive ketones (excluding diaryl/α,β-unsaturated/α-hetero) is 1. The molecule has 6 nitrogen and oxygen atoms in total. The molecule has 0 atom stereocenters. The van der Waals surface area contributed by atoms with Crippen LogP contribution in [-0.2, 0) is 5.54 Å². The number of carbonyl (C=O) groups is 2. The summed E-state index contributed by atoms with van der Waals surface area (Å²) in [7, 11) is 0. The first kappa shape index (κ1) is 16.3. The molecule has 1 aromatic carbocycles. The second-order valence-electron chi connectivity index (χ2n) is 5.93. The Bertz CT molecular complexity index is 939. The molecule has 0 fully saturated rings. The molecule has 2 heterocycles. The summed E-state index contributed by atoms with van der Waals surface area (Å²) >= 11 is 5.94. The van der Waals surface area contributed by atoms with E-state index in [4.69, 9.17) is 20.4 Å². The number of carbonyl (C=O) groups excluding carboxylic acids is 2. The van der Waals surface area contributed by atoms with Crippen molar-refractivity contribution in [2.45, 2.75) is 26.3 Å². The number of nitrogens with zero attached hydrogens (tertiary/aromatic N) is 1. The summed E-state index contributed by atoms with van der Waals surface area (Å²) in [5, 5.41) is 3.32. The molecule has 1 amide bonds. The van der Waals surface area contributed by atoms with Gasteiger partial charge in [-0.3, -0.25) is 9.59 Å². The van der Waals surface area contributed by atoms with Gasteiger partial charge in [-0.15, -0.1) is 0 Å². The highest BCUT2D eigenvalue weighted by atomic mass is 35.5. The molecular formula is C17H15ClN2O4. The Morgan fingerprint density at radius 2 is 1.83 bits per heavy atom. The number of rotatable bonds is 4. The van der Waals surface area contributed by atoms with E-state index in [-0.39, 0.29) is 17.3 Å². The lowest BCUT2D eigenvalue weighted by molar-refractivity contribution is 0.0866. The SMILES string of the molecule is CC(=O)c1ccc(C(=O)NC(C)(C)c2nc3ccc(Cl)cc3o2)o1. The number of hydrogen-bond acceptors (Lipinski definition) is 5. The van der Waals surface area contributed by atoms with Crippen LogP contribution in [0.3, 0.4) is 0 Å². The number of fused-ring (bicyclic) bond motifs is 1. The third kappa shape index (κ3) is 3.05. The van der Waals surface area contributed by atoms with Gasteiger partial charge in [0, 0.05) is 18.0 Å². The van der Waals surface area contributed by atoms with Crippen molar-refractivity contribution in [3.8, 4) is 0 Å². The highest BCUT2D eigenvalue weighted by Gasteiger charge is 2.30. The molecular weight excluding hydrogens is 332 g/mol. The topological polar surface area (TPSA) is 85.3 Å². The van der Waals surface area contributed by atoms with E-state index in [2.05, 4.69) is 10.3 Å². The van der Waals surface area contributed by atoms with Gasteiger partial charge >= 0.3 is 0 Å². The molecule has 3 rings (SSSR count). The smallest absolute Gasteiger partial charge is 0.287 e. The van der Waals surface area contributed by atoms with E-state index >= 15 is 0 Å². The van der Waals surface area contributed by atoms with Gasteiger partial charge in [0.1, 0.15) is 11.1 Å². The van der Waals surface area contributed by atoms with Gasteiger partial charge in [-0.05, 0) is 38.1 Å². The Hall–Kier alpha value is -2.60. The number of oxazole rings is 1. The van der Waals surface area contributed by atoms with Crippen LogP contribution in [-0.4, -0.2) is 16.7 Å². The fourth-order valence-corrected chi connectivity index (χ4v) is 2.38. The molecule has 0 aliphatic heterocycles. The molecule has 0 bridgehead atoms. The normalized spacial score (nSPS) is 11.7. The summed E-state index contributed by atoms with van der Waals surface area (Å²) < 4.78 is 10.9. The van der Waals surface area contributed by atoms with Gasteiger partial charge in [0.15, 0.2) is 22.9 Å². The van der Waals surface area contributed by atoms with Crippen LogP contribution in [0.25, 0.3) is 11.1 Å². The number of ketones is 1. The van der Waals surface area contributed by atoms with Crippen molar-refractivity contribution in [3.05, 3.63) is 52.8 Å². The average molecular weight is 347 g/mol. The van der Waals surface area contributed by atoms with Gasteiger partial charge in [-0.25, -0.2) is 4.98 Å². The van der Waals surface area contributed by atoms with Gasteiger partial charge < -0.3 is 14.2 Å². The number of benzene rings is 1. The van der Waals surface area contributed by atoms with Crippen LogP contribution in [0.5, 0.6) is 0 Å². The van der Waals surface area contributed by atoms with E-state index in [1.54, 1.807) is 32.0 Å². The fourth-order valence-electron chi connectivity index (χ4n) is 2.21. The van der Waals surface area contributed by atoms with Crippen molar-refractivity contribution in [2.75, 3.05) is 0 Å². The quantitative estimate of drug-likeness (QED) is 0.723. The predicted octanol–water partition coefficient (Wildman–Crippen LogP) is 3.94. The molecule has 0 unspecified atom stereocenters. The first-order valence-electron chi connectivity index (χ1n) is 7.26. The first-order chi connectivity index (χ1) is 11.3. The van der Waals surface area contributed by atoms with E-state index < -0.39 is 11.4 Å². The van der Waals surface area contributed by atoms with E-state index in [1.807, 2.05) is 0 Å². The zero-order chi connectivity index (χ0) is 17.5. The zero-order valence-electron chi connectivity index (χ0n) is 13.3. The Balaban J connectivity index is 1.85. The number of nitrogens with one attached hydrogen (secondary N) is 1. The number of furan rings is 1. The molecule has 0 saturated carbocycles. The molecule has 0 radical (unpaired) electrons. The maximum atomic E-state index is 12.3. The Morgan fingerprint density at radius 1 is 1.12 bits per heavy atom. The molecule has 7 heteroatoms. The molecule has 0 saturated heterocycles. The second kappa shape index (κ2) is 5.79. The van der Waals surface area contributed by atoms with Crippen LogP contribution in [0, 0.1) is 0 Å². The van der Waals surface area contributed by atoms with Crippen molar-refractivity contribution in [2.24, 2.45) is 0 Å². The largest absolute Gasteiger partial charge is 0.448 e. The van der Waals surface area contributed by atoms with Gasteiger partial charge in [-0.2, -0.15) is 0 Å². The summed E-state index contributed by atoms with van der Waals surface area (Å²) in [5.74, 6) is -0.190. The minimum absolute atomic E-state index is 0.0485. The first-order valence-corrected chi connectivity index (χ1v) is 7.64. The van der Waals surface area contributed by atoms with Gasteiger partial charge in [0.05, 0.1) is 0 Å². The summed E-state index contributed by atoms with van der Waals surface area (Å²) in [6.45, 7) is 4.88. The number of halogens is 1. The molecule has 0 spiro atoms. The average Bonchev–Trinajstić information content (AvgIpc) is 3.13. The van der Waals surface area contributed by atoms with E-state index in [9.17, 15) is 9.59 Å². The highest BCUT2D eigenvalue weighted by Crippen LogP contribution is 2.26. The van der Waals surface area contributed by atoms with Crippen molar-refractivity contribution in [3.63, 3.8) is 0 Å². The van der Waals surface area contributed by atoms with E-state index in [0.717, 1.165) is 0 Å². The monoisotopic (exact) mass is 346 g/mol. The summed E-state index contributed by atoms with van der Waals surface area (Å²) in [6, 6.07) is 8.04. The molecule has 0 aliphatic carbocycles. The molecule has 3 aromatic rings. The van der Waals surface area contributed by atoms with Crippen LogP contribution in [0.1, 0.15) is 47.8 Å². The number of amides is 1. The standard InChI is InChI=1S/C17H15ClN2O4/c1-9(21)12-6-7-13(23-12)15(22)20-17(2,3)16-19-11-5-4-10(18)8-14(11)24-16/h4-8H,1-3H3,(H,20,22). The Labute approximate surface area is 142 Å². The number of hydrogen-bond donors (Lipinski definition) is 1. The summed E-state index contributed by atoms with van der Waals surface area (Å²) in [6.07, 6.45) is 0. The maximum absolute atomic E-state index is 12.3. The van der Waals surface area contributed by atoms with Gasteiger partial charge in [0.25, 0.3) is 5.91 Å². The zero-order valence-corrected chi connectivity index (χ0v) is 14.1. The fraction of sp³-hybridized carbons (Fsp3) is 0.235. The van der Waals surface area contributed by atoms with Crippen LogP contribution in [0.15, 0.2) is 39.2 Å². The molecule has 124 valence electrons. The van der Waals surface area contributed by atoms with Gasteiger partial charge in [-0.1, -0.05) is 11.6 Å². The molecule has 2 aromatic heterocycles. The lowest BCUT2D eigenvalue weighted by atomic mass is 10.1. The van der Waals surface area contributed by atoms with E-state index in [0.29, 0.717) is 22.0 Å². The minimum Gasteiger partial charge on any atom is -0.448 e. The lowest BCUT2D eigenvalue weighted by Gasteiger charge is -2.21. The van der Waals surface area contributed by atoms with Crippen molar-refractivity contribution >= 4 is 34.4 Å².